The molecule has 1 atom stereocenters. The van der Waals surface area contributed by atoms with Gasteiger partial charge in [0.2, 0.25) is 0 Å². The highest BCUT2D eigenvalue weighted by atomic mass is 16.5. The molecule has 0 radical (unpaired) electrons. The van der Waals surface area contributed by atoms with E-state index in [0.717, 1.165) is 51.5 Å². The first-order valence-electron chi connectivity index (χ1n) is 10.8. The highest BCUT2D eigenvalue weighted by molar-refractivity contribution is 5.97. The van der Waals surface area contributed by atoms with Crippen LogP contribution in [-0.2, 0) is 0 Å². The Bertz CT molecular complexity index is 661. The standard InChI is InChI=1S/C22H33N3O3/c1-27-19-6-7-21(20(14-19)22(26)24-16-8-11-23-15-16)28-18-9-12-25(13-10-18)17-4-2-3-5-17/h6-7,14,16-18,23H,2-5,8-13,15H2,1H3,(H,24,26)/t16-/m1/s1. The van der Waals surface area contributed by atoms with Crippen LogP contribution in [0.25, 0.3) is 0 Å². The number of methoxy groups -OCH3 is 1. The Hall–Kier alpha value is -1.79. The molecule has 2 heterocycles. The molecule has 1 aliphatic carbocycles. The fourth-order valence-corrected chi connectivity index (χ4v) is 4.77. The van der Waals surface area contributed by atoms with Crippen LogP contribution >= 0.6 is 0 Å². The number of amides is 1. The molecule has 4 rings (SSSR count). The zero-order chi connectivity index (χ0) is 19.3. The number of likely N-dealkylation sites (tertiary alicyclic amines) is 1. The number of benzene rings is 1. The molecule has 0 spiro atoms. The molecule has 6 nitrogen and oxygen atoms in total. The normalized spacial score (nSPS) is 24.4. The molecule has 1 amide bonds. The quantitative estimate of drug-likeness (QED) is 0.786. The van der Waals surface area contributed by atoms with Crippen LogP contribution in [-0.4, -0.2) is 62.3 Å². The number of carbonyl (C=O) groups is 1. The zero-order valence-electron chi connectivity index (χ0n) is 16.9. The van der Waals surface area contributed by atoms with Crippen LogP contribution in [0.2, 0.25) is 0 Å². The fourth-order valence-electron chi connectivity index (χ4n) is 4.77. The molecule has 2 N–H and O–H groups in total. The lowest BCUT2D eigenvalue weighted by molar-refractivity contribution is 0.0748. The molecule has 6 heteroatoms. The minimum absolute atomic E-state index is 0.0778. The third-order valence-corrected chi connectivity index (χ3v) is 6.44. The van der Waals surface area contributed by atoms with Crippen molar-refractivity contribution in [1.82, 2.24) is 15.5 Å². The van der Waals surface area contributed by atoms with E-state index in [1.54, 1.807) is 13.2 Å². The first-order valence-corrected chi connectivity index (χ1v) is 10.8. The van der Waals surface area contributed by atoms with E-state index in [1.807, 2.05) is 12.1 Å². The summed E-state index contributed by atoms with van der Waals surface area (Å²) in [4.78, 5) is 15.5. The number of carbonyl (C=O) groups excluding carboxylic acids is 1. The topological polar surface area (TPSA) is 62.8 Å². The molecule has 2 saturated heterocycles. The Morgan fingerprint density at radius 3 is 2.61 bits per heavy atom. The minimum atomic E-state index is -0.0778. The first kappa shape index (κ1) is 19.5. The molecule has 1 aromatic rings. The summed E-state index contributed by atoms with van der Waals surface area (Å²) in [6.07, 6.45) is 8.64. The molecule has 0 aromatic heterocycles. The minimum Gasteiger partial charge on any atom is -0.497 e. The number of piperidine rings is 1. The summed E-state index contributed by atoms with van der Waals surface area (Å²) in [5.41, 5.74) is 0.574. The molecular formula is C22H33N3O3. The Morgan fingerprint density at radius 1 is 1.14 bits per heavy atom. The lowest BCUT2D eigenvalue weighted by Gasteiger charge is -2.36. The van der Waals surface area contributed by atoms with Crippen LogP contribution in [0.4, 0.5) is 0 Å². The summed E-state index contributed by atoms with van der Waals surface area (Å²) in [5.74, 6) is 1.27. The second-order valence-corrected chi connectivity index (χ2v) is 8.32. The van der Waals surface area contributed by atoms with Gasteiger partial charge < -0.3 is 25.0 Å². The van der Waals surface area contributed by atoms with E-state index in [9.17, 15) is 4.79 Å². The SMILES string of the molecule is COc1ccc(OC2CCN(C3CCCC3)CC2)c(C(=O)N[C@@H]2CCNC2)c1. The molecule has 1 aromatic carbocycles. The van der Waals surface area contributed by atoms with Gasteiger partial charge in [0.05, 0.1) is 12.7 Å². The highest BCUT2D eigenvalue weighted by Gasteiger charge is 2.29. The summed E-state index contributed by atoms with van der Waals surface area (Å²) < 4.78 is 11.7. The average molecular weight is 388 g/mol. The van der Waals surface area contributed by atoms with Crippen molar-refractivity contribution in [3.8, 4) is 11.5 Å². The van der Waals surface area contributed by atoms with Gasteiger partial charge in [-0.05, 0) is 56.8 Å². The summed E-state index contributed by atoms with van der Waals surface area (Å²) in [7, 11) is 1.62. The number of nitrogens with one attached hydrogen (secondary N) is 2. The van der Waals surface area contributed by atoms with Gasteiger partial charge in [0.1, 0.15) is 17.6 Å². The van der Waals surface area contributed by atoms with Crippen molar-refractivity contribution >= 4 is 5.91 Å². The fraction of sp³-hybridized carbons (Fsp3) is 0.682. The van der Waals surface area contributed by atoms with Gasteiger partial charge >= 0.3 is 0 Å². The maximum Gasteiger partial charge on any atom is 0.255 e. The van der Waals surface area contributed by atoms with E-state index >= 15 is 0 Å². The van der Waals surface area contributed by atoms with E-state index in [-0.39, 0.29) is 18.1 Å². The van der Waals surface area contributed by atoms with E-state index < -0.39 is 0 Å². The van der Waals surface area contributed by atoms with Gasteiger partial charge in [0, 0.05) is 31.7 Å². The van der Waals surface area contributed by atoms with Crippen molar-refractivity contribution in [2.75, 3.05) is 33.3 Å². The van der Waals surface area contributed by atoms with Crippen molar-refractivity contribution in [2.45, 2.75) is 63.1 Å². The second-order valence-electron chi connectivity index (χ2n) is 8.32. The molecular weight excluding hydrogens is 354 g/mol. The molecule has 0 bridgehead atoms. The van der Waals surface area contributed by atoms with E-state index in [1.165, 1.54) is 25.7 Å². The van der Waals surface area contributed by atoms with Crippen LogP contribution in [0.5, 0.6) is 11.5 Å². The third-order valence-electron chi connectivity index (χ3n) is 6.44. The van der Waals surface area contributed by atoms with Crippen LogP contribution in [0.15, 0.2) is 18.2 Å². The average Bonchev–Trinajstić information content (AvgIpc) is 3.43. The maximum absolute atomic E-state index is 12.9. The number of rotatable bonds is 6. The summed E-state index contributed by atoms with van der Waals surface area (Å²) in [5, 5.41) is 6.41. The highest BCUT2D eigenvalue weighted by Crippen LogP contribution is 2.30. The van der Waals surface area contributed by atoms with Gasteiger partial charge in [-0.1, -0.05) is 12.8 Å². The molecule has 0 unspecified atom stereocenters. The van der Waals surface area contributed by atoms with E-state index in [2.05, 4.69) is 15.5 Å². The summed E-state index contributed by atoms with van der Waals surface area (Å²) in [6.45, 7) is 3.97. The van der Waals surface area contributed by atoms with E-state index in [4.69, 9.17) is 9.47 Å². The number of hydrogen-bond donors (Lipinski definition) is 2. The monoisotopic (exact) mass is 387 g/mol. The van der Waals surface area contributed by atoms with Crippen LogP contribution in [0, 0.1) is 0 Å². The van der Waals surface area contributed by atoms with Crippen LogP contribution in [0.1, 0.15) is 55.3 Å². The van der Waals surface area contributed by atoms with Crippen molar-refractivity contribution in [3.05, 3.63) is 23.8 Å². The molecule has 1 saturated carbocycles. The molecule has 154 valence electrons. The lowest BCUT2D eigenvalue weighted by atomic mass is 10.0. The van der Waals surface area contributed by atoms with Crippen LogP contribution < -0.4 is 20.1 Å². The molecule has 28 heavy (non-hydrogen) atoms. The smallest absolute Gasteiger partial charge is 0.255 e. The predicted molar refractivity (Wildman–Crippen MR) is 109 cm³/mol. The Morgan fingerprint density at radius 2 is 1.93 bits per heavy atom. The second kappa shape index (κ2) is 9.14. The zero-order valence-corrected chi connectivity index (χ0v) is 16.9. The number of nitrogens with zero attached hydrogens (tertiary/aromatic N) is 1. The van der Waals surface area contributed by atoms with Gasteiger partial charge in [-0.25, -0.2) is 0 Å². The Kier molecular flexibility index (Phi) is 6.37. The van der Waals surface area contributed by atoms with Crippen molar-refractivity contribution in [2.24, 2.45) is 0 Å². The molecule has 3 fully saturated rings. The van der Waals surface area contributed by atoms with Crippen molar-refractivity contribution in [1.29, 1.82) is 0 Å². The van der Waals surface area contributed by atoms with Crippen LogP contribution in [0.3, 0.4) is 0 Å². The van der Waals surface area contributed by atoms with Gasteiger partial charge in [-0.15, -0.1) is 0 Å². The largest absolute Gasteiger partial charge is 0.497 e. The van der Waals surface area contributed by atoms with Gasteiger partial charge in [-0.3, -0.25) is 4.79 Å². The summed E-state index contributed by atoms with van der Waals surface area (Å²) >= 11 is 0. The van der Waals surface area contributed by atoms with Crippen molar-refractivity contribution in [3.63, 3.8) is 0 Å². The summed E-state index contributed by atoms with van der Waals surface area (Å²) in [6, 6.07) is 6.51. The first-order chi connectivity index (χ1) is 13.7. The Labute approximate surface area is 168 Å². The lowest BCUT2D eigenvalue weighted by Crippen LogP contribution is -2.43. The number of ether oxygens (including phenoxy) is 2. The van der Waals surface area contributed by atoms with E-state index in [0.29, 0.717) is 17.1 Å². The van der Waals surface area contributed by atoms with Gasteiger partial charge in [0.25, 0.3) is 5.91 Å². The Balaban J connectivity index is 1.40. The predicted octanol–water partition coefficient (Wildman–Crippen LogP) is 2.57. The van der Waals surface area contributed by atoms with Gasteiger partial charge in [0.15, 0.2) is 0 Å². The molecule has 3 aliphatic rings. The van der Waals surface area contributed by atoms with Gasteiger partial charge in [-0.2, -0.15) is 0 Å². The molecule has 2 aliphatic heterocycles. The van der Waals surface area contributed by atoms with Crippen molar-refractivity contribution < 1.29 is 14.3 Å². The number of hydrogen-bond acceptors (Lipinski definition) is 5. The maximum atomic E-state index is 12.9. The third kappa shape index (κ3) is 4.61.